The Labute approximate surface area is 132 Å². The van der Waals surface area contributed by atoms with Gasteiger partial charge in [0, 0.05) is 19.5 Å². The molecule has 22 heavy (non-hydrogen) atoms. The first kappa shape index (κ1) is 18.2. The summed E-state index contributed by atoms with van der Waals surface area (Å²) in [5.74, 6) is 0.235. The van der Waals surface area contributed by atoms with Crippen molar-refractivity contribution in [2.75, 3.05) is 40.3 Å². The van der Waals surface area contributed by atoms with Crippen LogP contribution in [0, 0.1) is 5.92 Å². The number of nitrogens with zero attached hydrogens (tertiary/aromatic N) is 1. The molecule has 0 bridgehead atoms. The second-order valence-electron chi connectivity index (χ2n) is 6.21. The van der Waals surface area contributed by atoms with Gasteiger partial charge in [-0.25, -0.2) is 0 Å². The number of carbonyl (C=O) groups excluding carboxylic acids is 2. The predicted octanol–water partition coefficient (Wildman–Crippen LogP) is 0.0286. The van der Waals surface area contributed by atoms with Crippen LogP contribution in [0.3, 0.4) is 0 Å². The van der Waals surface area contributed by atoms with Crippen molar-refractivity contribution in [2.24, 2.45) is 5.92 Å². The van der Waals surface area contributed by atoms with Gasteiger partial charge >= 0.3 is 0 Å². The minimum Gasteiger partial charge on any atom is -0.472 e. The zero-order valence-electron chi connectivity index (χ0n) is 14.0. The number of rotatable bonds is 9. The largest absolute Gasteiger partial charge is 0.472 e. The quantitative estimate of drug-likeness (QED) is 0.676. The Morgan fingerprint density at radius 2 is 2.09 bits per heavy atom. The standard InChI is InChI=1S/C16H27N3O3/c1-13(2)11-19(16(21)14-6-10-22-12-14)8-5-15(20)17-7-9-18(3)4/h6,10,12-13H,5,7-9,11H2,1-4H3,(H,17,20)/p+1. The third kappa shape index (κ3) is 6.76. The van der Waals surface area contributed by atoms with Crippen molar-refractivity contribution in [3.8, 4) is 0 Å². The molecule has 0 aliphatic carbocycles. The summed E-state index contributed by atoms with van der Waals surface area (Å²) in [6.45, 7) is 6.68. The van der Waals surface area contributed by atoms with E-state index in [9.17, 15) is 9.59 Å². The van der Waals surface area contributed by atoms with E-state index >= 15 is 0 Å². The van der Waals surface area contributed by atoms with E-state index in [0.717, 1.165) is 6.54 Å². The number of hydrogen-bond acceptors (Lipinski definition) is 3. The number of carbonyl (C=O) groups is 2. The molecule has 2 amide bonds. The molecule has 6 nitrogen and oxygen atoms in total. The number of hydrogen-bond donors (Lipinski definition) is 2. The van der Waals surface area contributed by atoms with Crippen LogP contribution in [0.25, 0.3) is 0 Å². The summed E-state index contributed by atoms with van der Waals surface area (Å²) >= 11 is 0. The van der Waals surface area contributed by atoms with Gasteiger partial charge in [-0.15, -0.1) is 0 Å². The first-order chi connectivity index (χ1) is 10.4. The third-order valence-corrected chi connectivity index (χ3v) is 3.20. The van der Waals surface area contributed by atoms with Gasteiger partial charge in [0.25, 0.3) is 5.91 Å². The van der Waals surface area contributed by atoms with E-state index in [-0.39, 0.29) is 11.8 Å². The van der Waals surface area contributed by atoms with Crippen LogP contribution in [-0.4, -0.2) is 57.0 Å². The number of likely N-dealkylation sites (N-methyl/N-ethyl adjacent to an activating group) is 1. The molecule has 0 atom stereocenters. The number of furan rings is 1. The zero-order chi connectivity index (χ0) is 16.5. The molecule has 0 spiro atoms. The van der Waals surface area contributed by atoms with E-state index in [4.69, 9.17) is 4.42 Å². The van der Waals surface area contributed by atoms with Gasteiger partial charge in [0.2, 0.25) is 5.91 Å². The minimum absolute atomic E-state index is 0.0185. The number of amides is 2. The third-order valence-electron chi connectivity index (χ3n) is 3.20. The SMILES string of the molecule is CC(C)CN(CCC(=O)NCC[NH+](C)C)C(=O)c1ccoc1. The maximum Gasteiger partial charge on any atom is 0.257 e. The summed E-state index contributed by atoms with van der Waals surface area (Å²) in [4.78, 5) is 27.2. The molecule has 0 radical (unpaired) electrons. The summed E-state index contributed by atoms with van der Waals surface area (Å²) in [5, 5.41) is 2.88. The molecule has 0 aliphatic rings. The molecule has 124 valence electrons. The van der Waals surface area contributed by atoms with E-state index in [1.807, 2.05) is 14.1 Å². The molecule has 1 aromatic rings. The molecule has 1 rings (SSSR count). The number of nitrogens with one attached hydrogen (secondary N) is 2. The van der Waals surface area contributed by atoms with Gasteiger partial charge in [0.1, 0.15) is 6.26 Å². The topological polar surface area (TPSA) is 67.0 Å². The van der Waals surface area contributed by atoms with Crippen LogP contribution >= 0.6 is 0 Å². The van der Waals surface area contributed by atoms with Crippen molar-refractivity contribution in [2.45, 2.75) is 20.3 Å². The lowest BCUT2D eigenvalue weighted by molar-refractivity contribution is -0.856. The van der Waals surface area contributed by atoms with Crippen LogP contribution in [-0.2, 0) is 4.79 Å². The zero-order valence-corrected chi connectivity index (χ0v) is 14.0. The molecule has 0 aromatic carbocycles. The fourth-order valence-corrected chi connectivity index (χ4v) is 2.06. The Morgan fingerprint density at radius 1 is 1.36 bits per heavy atom. The second kappa shape index (κ2) is 9.25. The van der Waals surface area contributed by atoms with Crippen molar-refractivity contribution in [3.05, 3.63) is 24.2 Å². The van der Waals surface area contributed by atoms with Crippen LogP contribution in [0.2, 0.25) is 0 Å². The average Bonchev–Trinajstić information content (AvgIpc) is 2.96. The maximum atomic E-state index is 12.4. The lowest BCUT2D eigenvalue weighted by atomic mass is 10.1. The normalized spacial score (nSPS) is 11.0. The van der Waals surface area contributed by atoms with E-state index in [1.54, 1.807) is 11.0 Å². The Hall–Kier alpha value is -1.82. The Kier molecular flexibility index (Phi) is 7.66. The van der Waals surface area contributed by atoms with Gasteiger partial charge < -0.3 is 19.5 Å². The molecule has 0 saturated carbocycles. The molecule has 6 heteroatoms. The summed E-state index contributed by atoms with van der Waals surface area (Å²) in [6.07, 6.45) is 3.24. The van der Waals surface area contributed by atoms with Gasteiger partial charge in [-0.1, -0.05) is 13.8 Å². The minimum atomic E-state index is -0.0898. The van der Waals surface area contributed by atoms with E-state index in [1.165, 1.54) is 17.4 Å². The van der Waals surface area contributed by atoms with Crippen molar-refractivity contribution in [3.63, 3.8) is 0 Å². The van der Waals surface area contributed by atoms with Gasteiger partial charge in [-0.3, -0.25) is 9.59 Å². The first-order valence-electron chi connectivity index (χ1n) is 7.77. The first-order valence-corrected chi connectivity index (χ1v) is 7.77. The van der Waals surface area contributed by atoms with E-state index in [2.05, 4.69) is 19.2 Å². The lowest BCUT2D eigenvalue weighted by Gasteiger charge is -2.24. The van der Waals surface area contributed by atoms with Crippen molar-refractivity contribution < 1.29 is 18.9 Å². The summed E-state index contributed by atoms with van der Waals surface area (Å²) < 4.78 is 4.96. The Balaban J connectivity index is 2.48. The predicted molar refractivity (Wildman–Crippen MR) is 84.8 cm³/mol. The van der Waals surface area contributed by atoms with Crippen LogP contribution in [0.1, 0.15) is 30.6 Å². The van der Waals surface area contributed by atoms with E-state index in [0.29, 0.717) is 37.5 Å². The molecule has 0 saturated heterocycles. The molecule has 1 heterocycles. The van der Waals surface area contributed by atoms with Crippen LogP contribution < -0.4 is 10.2 Å². The monoisotopic (exact) mass is 310 g/mol. The highest BCUT2D eigenvalue weighted by Crippen LogP contribution is 2.09. The highest BCUT2D eigenvalue weighted by Gasteiger charge is 2.18. The maximum absolute atomic E-state index is 12.4. The van der Waals surface area contributed by atoms with Crippen molar-refractivity contribution in [1.82, 2.24) is 10.2 Å². The summed E-state index contributed by atoms with van der Waals surface area (Å²) in [6, 6.07) is 1.65. The van der Waals surface area contributed by atoms with Crippen LogP contribution in [0.5, 0.6) is 0 Å². The van der Waals surface area contributed by atoms with E-state index < -0.39 is 0 Å². The Bertz CT molecular complexity index is 455. The second-order valence-corrected chi connectivity index (χ2v) is 6.21. The average molecular weight is 310 g/mol. The van der Waals surface area contributed by atoms with Gasteiger partial charge in [-0.2, -0.15) is 0 Å². The molecular weight excluding hydrogens is 282 g/mol. The fourth-order valence-electron chi connectivity index (χ4n) is 2.06. The van der Waals surface area contributed by atoms with Gasteiger partial charge in [0.15, 0.2) is 0 Å². The van der Waals surface area contributed by atoms with Gasteiger partial charge in [0.05, 0.1) is 39.0 Å². The highest BCUT2D eigenvalue weighted by molar-refractivity contribution is 5.94. The van der Waals surface area contributed by atoms with Crippen molar-refractivity contribution in [1.29, 1.82) is 0 Å². The molecule has 0 aliphatic heterocycles. The Morgan fingerprint density at radius 3 is 2.64 bits per heavy atom. The van der Waals surface area contributed by atoms with Crippen LogP contribution in [0.15, 0.2) is 23.0 Å². The van der Waals surface area contributed by atoms with Crippen LogP contribution in [0.4, 0.5) is 0 Å². The smallest absolute Gasteiger partial charge is 0.257 e. The molecule has 2 N–H and O–H groups in total. The molecular formula is C16H28N3O3+. The summed E-state index contributed by atoms with van der Waals surface area (Å²) in [5.41, 5.74) is 0.525. The summed E-state index contributed by atoms with van der Waals surface area (Å²) in [7, 11) is 4.08. The molecule has 0 unspecified atom stereocenters. The van der Waals surface area contributed by atoms with Crippen molar-refractivity contribution >= 4 is 11.8 Å². The highest BCUT2D eigenvalue weighted by atomic mass is 16.3. The van der Waals surface area contributed by atoms with Gasteiger partial charge in [-0.05, 0) is 12.0 Å². The molecule has 0 fully saturated rings. The molecule has 1 aromatic heterocycles. The number of quaternary nitrogens is 1. The fraction of sp³-hybridized carbons (Fsp3) is 0.625. The lowest BCUT2D eigenvalue weighted by Crippen LogP contribution is -3.06.